The van der Waals surface area contributed by atoms with Crippen molar-refractivity contribution >= 4 is 29.0 Å². The number of rotatable bonds is 3. The summed E-state index contributed by atoms with van der Waals surface area (Å²) < 4.78 is 0. The van der Waals surface area contributed by atoms with Crippen LogP contribution >= 0.6 is 11.8 Å². The number of amides is 2. The van der Waals surface area contributed by atoms with E-state index in [1.54, 1.807) is 6.08 Å². The van der Waals surface area contributed by atoms with Crippen molar-refractivity contribution < 1.29 is 9.59 Å². The molecule has 104 valence electrons. The molecule has 0 bridgehead atoms. The minimum absolute atomic E-state index is 0.217. The Morgan fingerprint density at radius 2 is 1.52 bits per heavy atom. The molecule has 2 aromatic carbocycles. The molecule has 0 spiro atoms. The third-order valence-electron chi connectivity index (χ3n) is 3.15. The van der Waals surface area contributed by atoms with Crippen LogP contribution in [-0.2, 0) is 11.3 Å². The van der Waals surface area contributed by atoms with Gasteiger partial charge in [0.25, 0.3) is 11.1 Å². The van der Waals surface area contributed by atoms with Gasteiger partial charge in [-0.1, -0.05) is 60.7 Å². The first-order valence-corrected chi connectivity index (χ1v) is 7.40. The van der Waals surface area contributed by atoms with E-state index < -0.39 is 0 Å². The Bertz CT molecular complexity index is 695. The van der Waals surface area contributed by atoms with E-state index in [9.17, 15) is 9.59 Å². The Kier molecular flexibility index (Phi) is 3.88. The Hall–Kier alpha value is -2.33. The van der Waals surface area contributed by atoms with Gasteiger partial charge in [-0.2, -0.15) is 0 Å². The lowest BCUT2D eigenvalue weighted by Gasteiger charge is -2.12. The summed E-state index contributed by atoms with van der Waals surface area (Å²) in [5, 5.41) is -0.217. The maximum Gasteiger partial charge on any atom is 0.293 e. The zero-order valence-corrected chi connectivity index (χ0v) is 12.0. The molecular formula is C17H13NO2S. The Balaban J connectivity index is 1.81. The molecule has 0 aliphatic carbocycles. The Labute approximate surface area is 127 Å². The second-order valence-corrected chi connectivity index (χ2v) is 5.66. The normalized spacial score (nSPS) is 16.8. The largest absolute Gasteiger partial charge is 0.293 e. The zero-order valence-electron chi connectivity index (χ0n) is 11.2. The van der Waals surface area contributed by atoms with Crippen molar-refractivity contribution in [1.82, 2.24) is 4.90 Å². The molecule has 21 heavy (non-hydrogen) atoms. The van der Waals surface area contributed by atoms with E-state index in [1.807, 2.05) is 60.7 Å². The number of hydrogen-bond acceptors (Lipinski definition) is 3. The molecular weight excluding hydrogens is 282 g/mol. The number of hydrogen-bond donors (Lipinski definition) is 0. The van der Waals surface area contributed by atoms with Gasteiger partial charge in [0.1, 0.15) is 0 Å². The van der Waals surface area contributed by atoms with Crippen LogP contribution in [0.1, 0.15) is 11.1 Å². The van der Waals surface area contributed by atoms with E-state index in [2.05, 4.69) is 0 Å². The average molecular weight is 295 g/mol. The van der Waals surface area contributed by atoms with E-state index in [0.29, 0.717) is 11.4 Å². The maximum atomic E-state index is 12.3. The second kappa shape index (κ2) is 5.97. The van der Waals surface area contributed by atoms with Gasteiger partial charge in [0.2, 0.25) is 0 Å². The summed E-state index contributed by atoms with van der Waals surface area (Å²) >= 11 is 0.994. The quantitative estimate of drug-likeness (QED) is 0.805. The number of benzene rings is 2. The summed E-state index contributed by atoms with van der Waals surface area (Å²) in [6, 6.07) is 19.1. The number of nitrogens with zero attached hydrogens (tertiary/aromatic N) is 1. The third-order valence-corrected chi connectivity index (χ3v) is 4.06. The Morgan fingerprint density at radius 3 is 2.19 bits per heavy atom. The van der Waals surface area contributed by atoms with Crippen molar-refractivity contribution in [1.29, 1.82) is 0 Å². The zero-order chi connectivity index (χ0) is 14.7. The van der Waals surface area contributed by atoms with Gasteiger partial charge in [0.15, 0.2) is 0 Å². The van der Waals surface area contributed by atoms with Gasteiger partial charge in [-0.3, -0.25) is 14.5 Å². The highest BCUT2D eigenvalue weighted by atomic mass is 32.2. The highest BCUT2D eigenvalue weighted by molar-refractivity contribution is 8.18. The molecule has 2 amide bonds. The van der Waals surface area contributed by atoms with Crippen molar-refractivity contribution in [2.24, 2.45) is 0 Å². The molecule has 2 aromatic rings. The molecule has 1 aliphatic rings. The number of carbonyl (C=O) groups excluding carboxylic acids is 2. The number of imide groups is 1. The highest BCUT2D eigenvalue weighted by Crippen LogP contribution is 2.33. The molecule has 0 aromatic heterocycles. The molecule has 1 saturated heterocycles. The van der Waals surface area contributed by atoms with E-state index in [4.69, 9.17) is 0 Å². The van der Waals surface area contributed by atoms with Crippen LogP contribution in [0, 0.1) is 0 Å². The molecule has 3 nitrogen and oxygen atoms in total. The van der Waals surface area contributed by atoms with Crippen LogP contribution in [-0.4, -0.2) is 16.0 Å². The van der Waals surface area contributed by atoms with Crippen LogP contribution in [0.4, 0.5) is 4.79 Å². The fourth-order valence-corrected chi connectivity index (χ4v) is 2.94. The average Bonchev–Trinajstić information content (AvgIpc) is 2.77. The first kappa shape index (κ1) is 13.6. The minimum Gasteiger partial charge on any atom is -0.268 e. The minimum atomic E-state index is -0.224. The molecule has 0 atom stereocenters. The molecule has 0 radical (unpaired) electrons. The summed E-state index contributed by atoms with van der Waals surface area (Å²) in [6.45, 7) is 0.317. The van der Waals surface area contributed by atoms with Crippen LogP contribution in [0.3, 0.4) is 0 Å². The molecule has 4 heteroatoms. The maximum absolute atomic E-state index is 12.3. The Morgan fingerprint density at radius 1 is 0.905 bits per heavy atom. The predicted octanol–water partition coefficient (Wildman–Crippen LogP) is 3.92. The van der Waals surface area contributed by atoms with Gasteiger partial charge in [0.05, 0.1) is 11.4 Å². The first-order valence-electron chi connectivity index (χ1n) is 6.58. The summed E-state index contributed by atoms with van der Waals surface area (Å²) in [5.41, 5.74) is 1.86. The first-order chi connectivity index (χ1) is 10.2. The smallest absolute Gasteiger partial charge is 0.268 e. The van der Waals surface area contributed by atoms with Crippen LogP contribution in [0.5, 0.6) is 0 Å². The summed E-state index contributed by atoms with van der Waals surface area (Å²) in [4.78, 5) is 26.1. The number of carbonyl (C=O) groups is 2. The van der Waals surface area contributed by atoms with Crippen molar-refractivity contribution in [3.8, 4) is 0 Å². The SMILES string of the molecule is O=C1S/C(=C/c2ccccc2)C(=O)N1Cc1ccccc1. The van der Waals surface area contributed by atoms with Crippen molar-refractivity contribution in [2.45, 2.75) is 6.54 Å². The molecule has 0 unspecified atom stereocenters. The van der Waals surface area contributed by atoms with Crippen molar-refractivity contribution in [3.63, 3.8) is 0 Å². The van der Waals surface area contributed by atoms with E-state index in [-0.39, 0.29) is 11.1 Å². The summed E-state index contributed by atoms with van der Waals surface area (Å²) in [7, 11) is 0. The summed E-state index contributed by atoms with van der Waals surface area (Å²) in [5.74, 6) is -0.224. The highest BCUT2D eigenvalue weighted by Gasteiger charge is 2.34. The lowest BCUT2D eigenvalue weighted by atomic mass is 10.2. The van der Waals surface area contributed by atoms with Gasteiger partial charge in [-0.15, -0.1) is 0 Å². The fraction of sp³-hybridized carbons (Fsp3) is 0.0588. The molecule has 0 saturated carbocycles. The van der Waals surface area contributed by atoms with E-state index in [1.165, 1.54) is 4.90 Å². The molecule has 1 aliphatic heterocycles. The van der Waals surface area contributed by atoms with Gasteiger partial charge in [-0.25, -0.2) is 0 Å². The van der Waals surface area contributed by atoms with Gasteiger partial charge in [0, 0.05) is 0 Å². The van der Waals surface area contributed by atoms with Crippen LogP contribution < -0.4 is 0 Å². The summed E-state index contributed by atoms with van der Waals surface area (Å²) in [6.07, 6.45) is 1.76. The molecule has 1 heterocycles. The molecule has 1 fully saturated rings. The van der Waals surface area contributed by atoms with Crippen LogP contribution in [0.25, 0.3) is 6.08 Å². The third kappa shape index (κ3) is 3.06. The number of thioether (sulfide) groups is 1. The second-order valence-electron chi connectivity index (χ2n) is 4.66. The lowest BCUT2D eigenvalue weighted by Crippen LogP contribution is -2.27. The topological polar surface area (TPSA) is 37.4 Å². The van der Waals surface area contributed by atoms with Crippen molar-refractivity contribution in [2.75, 3.05) is 0 Å². The standard InChI is InChI=1S/C17H13NO2S/c19-16-15(11-13-7-3-1-4-8-13)21-17(20)18(16)12-14-9-5-2-6-10-14/h1-11H,12H2/b15-11+. The van der Waals surface area contributed by atoms with E-state index in [0.717, 1.165) is 22.9 Å². The van der Waals surface area contributed by atoms with Crippen LogP contribution in [0.2, 0.25) is 0 Å². The van der Waals surface area contributed by atoms with Gasteiger partial charge in [-0.05, 0) is 29.0 Å². The lowest BCUT2D eigenvalue weighted by molar-refractivity contribution is -0.123. The monoisotopic (exact) mass is 295 g/mol. The van der Waals surface area contributed by atoms with E-state index >= 15 is 0 Å². The molecule has 0 N–H and O–H groups in total. The van der Waals surface area contributed by atoms with Crippen LogP contribution in [0.15, 0.2) is 65.6 Å². The predicted molar refractivity (Wildman–Crippen MR) is 84.4 cm³/mol. The fourth-order valence-electron chi connectivity index (χ4n) is 2.10. The molecule has 3 rings (SSSR count). The van der Waals surface area contributed by atoms with Gasteiger partial charge >= 0.3 is 0 Å². The van der Waals surface area contributed by atoms with Gasteiger partial charge < -0.3 is 0 Å². The van der Waals surface area contributed by atoms with Crippen molar-refractivity contribution in [3.05, 3.63) is 76.7 Å².